The number of carbonyl (C=O) groups is 1. The van der Waals surface area contributed by atoms with Crippen molar-refractivity contribution in [3.05, 3.63) is 119 Å². The molecule has 0 spiro atoms. The second-order valence-electron chi connectivity index (χ2n) is 10.3. The number of rotatable bonds is 7. The number of H-pyrrole nitrogens is 1. The van der Waals surface area contributed by atoms with E-state index in [1.807, 2.05) is 26.0 Å². The summed E-state index contributed by atoms with van der Waals surface area (Å²) in [5.41, 5.74) is 10.2. The van der Waals surface area contributed by atoms with Crippen molar-refractivity contribution in [1.29, 1.82) is 0 Å². The highest BCUT2D eigenvalue weighted by atomic mass is 19.4. The van der Waals surface area contributed by atoms with Gasteiger partial charge in [-0.25, -0.2) is 14.2 Å². The van der Waals surface area contributed by atoms with Gasteiger partial charge in [-0.05, 0) is 65.9 Å². The third-order valence-corrected chi connectivity index (χ3v) is 7.04. The van der Waals surface area contributed by atoms with E-state index in [0.717, 1.165) is 63.7 Å². The molecule has 0 bridgehead atoms. The molecule has 6 rings (SSSR count). The molecule has 0 radical (unpaired) electrons. The summed E-state index contributed by atoms with van der Waals surface area (Å²) in [5.74, 6) is -1.46. The smallest absolute Gasteiger partial charge is 0.475 e. The highest BCUT2D eigenvalue weighted by molar-refractivity contribution is 5.80. The third-order valence-electron chi connectivity index (χ3n) is 7.04. The van der Waals surface area contributed by atoms with Crippen LogP contribution in [0.5, 0.6) is 0 Å². The molecule has 11 heteroatoms. The van der Waals surface area contributed by atoms with Gasteiger partial charge in [0.1, 0.15) is 17.4 Å². The van der Waals surface area contributed by atoms with Crippen molar-refractivity contribution in [2.75, 3.05) is 0 Å². The molecule has 0 fully saturated rings. The molecule has 2 heterocycles. The predicted molar refractivity (Wildman–Crippen MR) is 163 cm³/mol. The van der Waals surface area contributed by atoms with Crippen LogP contribution >= 0.6 is 0 Å². The Labute approximate surface area is 255 Å². The van der Waals surface area contributed by atoms with E-state index < -0.39 is 12.1 Å². The van der Waals surface area contributed by atoms with Crippen molar-refractivity contribution in [2.24, 2.45) is 0 Å². The maximum absolute atomic E-state index is 13.5. The lowest BCUT2D eigenvalue weighted by molar-refractivity contribution is -0.192. The van der Waals surface area contributed by atoms with Crippen LogP contribution in [0.4, 0.5) is 17.6 Å². The summed E-state index contributed by atoms with van der Waals surface area (Å²) in [7, 11) is 0. The number of aliphatic carboxylic acids is 1. The normalized spacial score (nSPS) is 11.3. The van der Waals surface area contributed by atoms with E-state index in [4.69, 9.17) is 14.4 Å². The van der Waals surface area contributed by atoms with E-state index in [1.54, 1.807) is 6.07 Å². The standard InChI is InChI=1S/C32H27FN4O.C2HF3O2/c1-20-31(21(2)38-37-20)27-5-3-4-23(16-27)19-34-18-22-6-8-24(9-7-22)25-10-12-26(13-11-25)32-35-29-15-14-28(33)17-30(29)36-32;3-2(4,5)1(6)7/h3-17,34H,18-19H2,1-2H3,(H,35,36);(H,6,7). The second kappa shape index (κ2) is 13.1. The number of aryl methyl sites for hydroxylation is 2. The Morgan fingerprint density at radius 3 is 2.09 bits per heavy atom. The Kier molecular flexibility index (Phi) is 9.10. The fourth-order valence-corrected chi connectivity index (χ4v) is 4.84. The van der Waals surface area contributed by atoms with E-state index in [0.29, 0.717) is 5.52 Å². The average molecular weight is 617 g/mol. The monoisotopic (exact) mass is 616 g/mol. The summed E-state index contributed by atoms with van der Waals surface area (Å²) >= 11 is 0. The number of hydrogen-bond acceptors (Lipinski definition) is 5. The molecule has 4 aromatic carbocycles. The van der Waals surface area contributed by atoms with Gasteiger partial charge in [0.2, 0.25) is 0 Å². The summed E-state index contributed by atoms with van der Waals surface area (Å²) < 4.78 is 50.6. The van der Waals surface area contributed by atoms with E-state index in [1.165, 1.54) is 23.3 Å². The summed E-state index contributed by atoms with van der Waals surface area (Å²) in [6.07, 6.45) is -5.08. The highest BCUT2D eigenvalue weighted by Crippen LogP contribution is 2.28. The maximum atomic E-state index is 13.5. The molecule has 6 aromatic rings. The van der Waals surface area contributed by atoms with Crippen molar-refractivity contribution in [3.63, 3.8) is 0 Å². The molecule has 0 saturated carbocycles. The first-order chi connectivity index (χ1) is 21.5. The first kappa shape index (κ1) is 31.1. The van der Waals surface area contributed by atoms with Crippen LogP contribution in [-0.2, 0) is 17.9 Å². The van der Waals surface area contributed by atoms with Crippen LogP contribution in [0, 0.1) is 19.7 Å². The van der Waals surface area contributed by atoms with Gasteiger partial charge >= 0.3 is 12.1 Å². The van der Waals surface area contributed by atoms with E-state index in [-0.39, 0.29) is 5.82 Å². The highest BCUT2D eigenvalue weighted by Gasteiger charge is 2.38. The molecule has 3 N–H and O–H groups in total. The third kappa shape index (κ3) is 7.63. The van der Waals surface area contributed by atoms with Crippen LogP contribution in [0.2, 0.25) is 0 Å². The molecule has 0 unspecified atom stereocenters. The Morgan fingerprint density at radius 1 is 0.844 bits per heavy atom. The minimum atomic E-state index is -5.08. The van der Waals surface area contributed by atoms with Crippen LogP contribution in [-0.4, -0.2) is 32.4 Å². The van der Waals surface area contributed by atoms with Crippen molar-refractivity contribution in [3.8, 4) is 33.6 Å². The Balaban J connectivity index is 0.000000515. The van der Waals surface area contributed by atoms with Gasteiger partial charge in [-0.15, -0.1) is 0 Å². The molecule has 230 valence electrons. The average Bonchev–Trinajstić information content (AvgIpc) is 3.59. The van der Waals surface area contributed by atoms with Crippen molar-refractivity contribution >= 4 is 17.0 Å². The molecule has 2 aromatic heterocycles. The maximum Gasteiger partial charge on any atom is 0.490 e. The summed E-state index contributed by atoms with van der Waals surface area (Å²) in [5, 5.41) is 14.7. The Hall–Kier alpha value is -5.29. The van der Waals surface area contributed by atoms with Gasteiger partial charge in [-0.3, -0.25) is 0 Å². The zero-order valence-corrected chi connectivity index (χ0v) is 24.2. The number of aromatic nitrogens is 3. The topological polar surface area (TPSA) is 104 Å². The van der Waals surface area contributed by atoms with Gasteiger partial charge < -0.3 is 19.9 Å². The summed E-state index contributed by atoms with van der Waals surface area (Å²) in [6.45, 7) is 5.47. The number of hydrogen-bond donors (Lipinski definition) is 3. The zero-order valence-electron chi connectivity index (χ0n) is 24.2. The lowest BCUT2D eigenvalue weighted by atomic mass is 10.0. The van der Waals surface area contributed by atoms with E-state index in [2.05, 4.69) is 81.1 Å². The van der Waals surface area contributed by atoms with E-state index >= 15 is 0 Å². The summed E-state index contributed by atoms with van der Waals surface area (Å²) in [6, 6.07) is 29.9. The van der Waals surface area contributed by atoms with Crippen LogP contribution in [0.1, 0.15) is 22.6 Å². The molecule has 0 saturated heterocycles. The SMILES string of the molecule is Cc1noc(C)c1-c1cccc(CNCc2ccc(-c3ccc(-c4nc5ccc(F)cc5[nH]4)cc3)cc2)c1.O=C(O)C(F)(F)F. The molecule has 7 nitrogen and oxygen atoms in total. The molecule has 0 aliphatic rings. The number of nitrogens with zero attached hydrogens (tertiary/aromatic N) is 2. The Bertz CT molecular complexity index is 1910. The van der Waals surface area contributed by atoms with Gasteiger partial charge in [0.25, 0.3) is 0 Å². The number of carboxylic acids is 1. The van der Waals surface area contributed by atoms with Gasteiger partial charge in [-0.1, -0.05) is 71.9 Å². The van der Waals surface area contributed by atoms with Gasteiger partial charge in [0.15, 0.2) is 0 Å². The van der Waals surface area contributed by atoms with Crippen LogP contribution in [0.15, 0.2) is 95.5 Å². The first-order valence-electron chi connectivity index (χ1n) is 13.9. The zero-order chi connectivity index (χ0) is 32.1. The number of halogens is 4. The molecule has 0 aliphatic carbocycles. The molecule has 45 heavy (non-hydrogen) atoms. The quantitative estimate of drug-likeness (QED) is 0.156. The first-order valence-corrected chi connectivity index (χ1v) is 13.9. The lowest BCUT2D eigenvalue weighted by Crippen LogP contribution is -2.21. The number of alkyl halides is 3. The lowest BCUT2D eigenvalue weighted by Gasteiger charge is -2.09. The van der Waals surface area contributed by atoms with Crippen LogP contribution < -0.4 is 5.32 Å². The minimum absolute atomic E-state index is 0.274. The fraction of sp³-hybridized carbons (Fsp3) is 0.147. The number of nitrogens with one attached hydrogen (secondary N) is 2. The molecule has 0 amide bonds. The molecule has 0 aliphatic heterocycles. The van der Waals surface area contributed by atoms with Gasteiger partial charge in [0.05, 0.1) is 16.7 Å². The van der Waals surface area contributed by atoms with Gasteiger partial charge in [-0.2, -0.15) is 13.2 Å². The minimum Gasteiger partial charge on any atom is -0.475 e. The molecular weight excluding hydrogens is 588 g/mol. The Morgan fingerprint density at radius 2 is 1.47 bits per heavy atom. The van der Waals surface area contributed by atoms with E-state index in [9.17, 15) is 17.6 Å². The predicted octanol–water partition coefficient (Wildman–Crippen LogP) is 8.23. The van der Waals surface area contributed by atoms with Crippen LogP contribution in [0.3, 0.4) is 0 Å². The number of aromatic amines is 1. The molecular formula is C34H28F4N4O3. The number of benzene rings is 4. The molecule has 0 atom stereocenters. The second-order valence-corrected chi connectivity index (χ2v) is 10.3. The largest absolute Gasteiger partial charge is 0.490 e. The van der Waals surface area contributed by atoms with Gasteiger partial charge in [0, 0.05) is 24.2 Å². The van der Waals surface area contributed by atoms with Crippen LogP contribution in [0.25, 0.3) is 44.7 Å². The van der Waals surface area contributed by atoms with Crippen molar-refractivity contribution in [2.45, 2.75) is 33.1 Å². The van der Waals surface area contributed by atoms with Crippen molar-refractivity contribution < 1.29 is 32.0 Å². The number of imidazole rings is 1. The number of fused-ring (bicyclic) bond motifs is 1. The summed E-state index contributed by atoms with van der Waals surface area (Å²) in [4.78, 5) is 16.7. The fourth-order valence-electron chi connectivity index (χ4n) is 4.84. The number of carboxylic acid groups (broad SMARTS) is 1. The van der Waals surface area contributed by atoms with Crippen molar-refractivity contribution in [1.82, 2.24) is 20.4 Å².